The molecule has 0 aromatic heterocycles. The first kappa shape index (κ1) is 15.2. The number of alkyl halides is 1. The largest absolute Gasteiger partial charge is 0.508 e. The van der Waals surface area contributed by atoms with Crippen LogP contribution in [0.25, 0.3) is 0 Å². The highest BCUT2D eigenvalue weighted by molar-refractivity contribution is 5.43. The van der Waals surface area contributed by atoms with Gasteiger partial charge in [0.2, 0.25) is 0 Å². The van der Waals surface area contributed by atoms with E-state index in [1.54, 1.807) is 6.07 Å². The monoisotopic (exact) mass is 316 g/mol. The summed E-state index contributed by atoms with van der Waals surface area (Å²) in [6.45, 7) is 6.20. The Labute approximate surface area is 137 Å². The van der Waals surface area contributed by atoms with E-state index in [1.807, 2.05) is 12.1 Å². The van der Waals surface area contributed by atoms with Gasteiger partial charge < -0.3 is 10.2 Å². The highest BCUT2D eigenvalue weighted by Crippen LogP contribution is 2.67. The maximum absolute atomic E-state index is 14.4. The van der Waals surface area contributed by atoms with Gasteiger partial charge in [0, 0.05) is 5.41 Å². The van der Waals surface area contributed by atoms with E-state index in [0.717, 1.165) is 25.7 Å². The van der Waals surface area contributed by atoms with Crippen LogP contribution in [0.1, 0.15) is 49.7 Å². The Morgan fingerprint density at radius 1 is 1.35 bits per heavy atom. The van der Waals surface area contributed by atoms with E-state index in [-0.39, 0.29) is 16.7 Å². The molecule has 4 rings (SSSR count). The summed E-state index contributed by atoms with van der Waals surface area (Å²) in [6.07, 6.45) is 4.12. The van der Waals surface area contributed by atoms with Crippen LogP contribution in [0, 0.1) is 16.7 Å². The molecule has 0 bridgehead atoms. The van der Waals surface area contributed by atoms with Crippen molar-refractivity contribution in [3.8, 4) is 5.75 Å². The zero-order valence-corrected chi connectivity index (χ0v) is 13.6. The zero-order valence-electron chi connectivity index (χ0n) is 13.6. The molecule has 0 aliphatic heterocycles. The second-order valence-corrected chi connectivity index (χ2v) is 8.05. The summed E-state index contributed by atoms with van der Waals surface area (Å²) in [5, 5.41) is 20.2. The van der Waals surface area contributed by atoms with Gasteiger partial charge in [-0.3, -0.25) is 0 Å². The van der Waals surface area contributed by atoms with E-state index in [2.05, 4.69) is 19.6 Å². The fourth-order valence-electron chi connectivity index (χ4n) is 6.04. The van der Waals surface area contributed by atoms with Crippen LogP contribution < -0.4 is 0 Å². The molecule has 3 heteroatoms. The highest BCUT2D eigenvalue weighted by Gasteiger charge is 2.63. The number of benzene rings is 1. The van der Waals surface area contributed by atoms with Crippen LogP contribution in [0.15, 0.2) is 30.9 Å². The van der Waals surface area contributed by atoms with Crippen LogP contribution in [0.3, 0.4) is 0 Å². The number of aliphatic hydroxyl groups excluding tert-OH is 1. The van der Waals surface area contributed by atoms with E-state index in [0.29, 0.717) is 18.1 Å². The molecule has 0 spiro atoms. The van der Waals surface area contributed by atoms with Gasteiger partial charge in [-0.2, -0.15) is 0 Å². The summed E-state index contributed by atoms with van der Waals surface area (Å²) in [5.74, 6) is 0.772. The number of aliphatic hydroxyl groups is 1. The number of phenolic OH excluding ortho intramolecular Hbond substituents is 1. The Morgan fingerprint density at radius 2 is 2.13 bits per heavy atom. The van der Waals surface area contributed by atoms with E-state index < -0.39 is 12.3 Å². The molecule has 3 aliphatic rings. The van der Waals surface area contributed by atoms with Crippen LogP contribution in [-0.4, -0.2) is 22.5 Å². The van der Waals surface area contributed by atoms with Gasteiger partial charge in [0.1, 0.15) is 11.9 Å². The van der Waals surface area contributed by atoms with E-state index in [4.69, 9.17) is 0 Å². The SMILES string of the molecule is C=C[C@@]12CCc3cc(O)ccc3[C@H]1CC[C@]1(C)[C@H](O)[C@H](F)C[C@H]12. The number of aromatic hydroxyl groups is 1. The van der Waals surface area contributed by atoms with E-state index in [9.17, 15) is 14.6 Å². The Kier molecular flexibility index (Phi) is 3.19. The molecule has 0 unspecified atom stereocenters. The number of halogens is 1. The van der Waals surface area contributed by atoms with Crippen molar-refractivity contribution < 1.29 is 14.6 Å². The minimum atomic E-state index is -1.12. The number of hydrogen-bond donors (Lipinski definition) is 2. The summed E-state index contributed by atoms with van der Waals surface area (Å²) < 4.78 is 14.4. The average Bonchev–Trinajstić information content (AvgIpc) is 2.78. The Hall–Kier alpha value is -1.35. The molecule has 0 amide bonds. The molecule has 2 N–H and O–H groups in total. The molecule has 2 nitrogen and oxygen atoms in total. The molecule has 23 heavy (non-hydrogen) atoms. The van der Waals surface area contributed by atoms with Gasteiger partial charge >= 0.3 is 0 Å². The minimum absolute atomic E-state index is 0.137. The van der Waals surface area contributed by atoms with Crippen LogP contribution >= 0.6 is 0 Å². The molecule has 1 aromatic carbocycles. The van der Waals surface area contributed by atoms with Crippen LogP contribution in [0.2, 0.25) is 0 Å². The maximum Gasteiger partial charge on any atom is 0.127 e. The third kappa shape index (κ3) is 1.83. The lowest BCUT2D eigenvalue weighted by atomic mass is 9.47. The van der Waals surface area contributed by atoms with Crippen molar-refractivity contribution in [3.63, 3.8) is 0 Å². The summed E-state index contributed by atoms with van der Waals surface area (Å²) in [4.78, 5) is 0. The summed E-state index contributed by atoms with van der Waals surface area (Å²) in [7, 11) is 0. The lowest BCUT2D eigenvalue weighted by Gasteiger charge is -2.57. The van der Waals surface area contributed by atoms with Gasteiger partial charge in [-0.15, -0.1) is 6.58 Å². The standard InChI is InChI=1S/C20H25FO2/c1-3-20-9-6-12-10-13(22)4-5-14(12)15(20)7-8-19(2)17(20)11-16(21)18(19)23/h3-5,10,15-18,22-23H,1,6-9,11H2,2H3/t15-,16-,17-,18-,19+,20-/m1/s1. The zero-order chi connectivity index (χ0) is 16.4. The molecule has 2 saturated carbocycles. The Balaban J connectivity index is 1.83. The number of fused-ring (bicyclic) bond motifs is 5. The summed E-state index contributed by atoms with van der Waals surface area (Å²) >= 11 is 0. The number of allylic oxidation sites excluding steroid dienone is 1. The van der Waals surface area contributed by atoms with E-state index >= 15 is 0 Å². The third-order valence-corrected chi connectivity index (χ3v) is 7.25. The first-order valence-electron chi connectivity index (χ1n) is 8.70. The molecule has 6 atom stereocenters. The molecular formula is C20H25FO2. The highest BCUT2D eigenvalue weighted by atomic mass is 19.1. The van der Waals surface area contributed by atoms with E-state index in [1.165, 1.54) is 11.1 Å². The lowest BCUT2D eigenvalue weighted by molar-refractivity contribution is -0.0606. The topological polar surface area (TPSA) is 40.5 Å². The molecule has 124 valence electrons. The fraction of sp³-hybridized carbons (Fsp3) is 0.600. The van der Waals surface area contributed by atoms with Crippen LogP contribution in [0.5, 0.6) is 5.75 Å². The second-order valence-electron chi connectivity index (χ2n) is 8.05. The second kappa shape index (κ2) is 4.83. The summed E-state index contributed by atoms with van der Waals surface area (Å²) in [6, 6.07) is 5.67. The summed E-state index contributed by atoms with van der Waals surface area (Å²) in [5.41, 5.74) is 2.01. The normalized spacial score (nSPS) is 45.0. The van der Waals surface area contributed by atoms with Gasteiger partial charge in [-0.25, -0.2) is 4.39 Å². The number of hydrogen-bond acceptors (Lipinski definition) is 2. The Morgan fingerprint density at radius 3 is 2.87 bits per heavy atom. The first-order chi connectivity index (χ1) is 10.9. The fourth-order valence-corrected chi connectivity index (χ4v) is 6.04. The first-order valence-corrected chi connectivity index (χ1v) is 8.70. The number of aryl methyl sites for hydroxylation is 1. The third-order valence-electron chi connectivity index (χ3n) is 7.25. The average molecular weight is 316 g/mol. The Bertz CT molecular complexity index is 657. The molecule has 0 radical (unpaired) electrons. The molecule has 0 heterocycles. The van der Waals surface area contributed by atoms with Gasteiger partial charge in [0.05, 0.1) is 6.10 Å². The van der Waals surface area contributed by atoms with Gasteiger partial charge in [-0.05, 0) is 72.6 Å². The quantitative estimate of drug-likeness (QED) is 0.765. The minimum Gasteiger partial charge on any atom is -0.508 e. The number of rotatable bonds is 1. The van der Waals surface area contributed by atoms with Crippen molar-refractivity contribution in [2.75, 3.05) is 0 Å². The smallest absolute Gasteiger partial charge is 0.127 e. The van der Waals surface area contributed by atoms with Crippen molar-refractivity contribution in [1.29, 1.82) is 0 Å². The van der Waals surface area contributed by atoms with Crippen molar-refractivity contribution in [3.05, 3.63) is 42.0 Å². The molecule has 1 aromatic rings. The predicted molar refractivity (Wildman–Crippen MR) is 88.1 cm³/mol. The van der Waals surface area contributed by atoms with Crippen molar-refractivity contribution in [2.45, 2.75) is 57.2 Å². The van der Waals surface area contributed by atoms with Crippen molar-refractivity contribution in [2.24, 2.45) is 16.7 Å². The van der Waals surface area contributed by atoms with Crippen molar-refractivity contribution >= 4 is 0 Å². The van der Waals surface area contributed by atoms with Gasteiger partial charge in [0.25, 0.3) is 0 Å². The molecular weight excluding hydrogens is 291 g/mol. The predicted octanol–water partition coefficient (Wildman–Crippen LogP) is 4.11. The number of phenols is 1. The molecule has 3 aliphatic carbocycles. The van der Waals surface area contributed by atoms with Gasteiger partial charge in [0.15, 0.2) is 0 Å². The van der Waals surface area contributed by atoms with Gasteiger partial charge in [-0.1, -0.05) is 19.1 Å². The van der Waals surface area contributed by atoms with Crippen LogP contribution in [0.4, 0.5) is 4.39 Å². The molecule has 0 saturated heterocycles. The molecule has 2 fully saturated rings. The van der Waals surface area contributed by atoms with Crippen molar-refractivity contribution in [1.82, 2.24) is 0 Å². The lowest BCUT2D eigenvalue weighted by Crippen LogP contribution is -2.50. The van der Waals surface area contributed by atoms with Crippen LogP contribution in [-0.2, 0) is 6.42 Å². The maximum atomic E-state index is 14.4.